The Hall–Kier alpha value is -3.17. The predicted molar refractivity (Wildman–Crippen MR) is 103 cm³/mol. The Kier molecular flexibility index (Phi) is 4.38. The Morgan fingerprint density at radius 3 is 2.81 bits per heavy atom. The number of carbonyl (C=O) groups excluding carboxylic acids is 1. The Morgan fingerprint density at radius 1 is 1.33 bits per heavy atom. The van der Waals surface area contributed by atoms with Crippen molar-refractivity contribution in [3.63, 3.8) is 0 Å². The quantitative estimate of drug-likeness (QED) is 0.717. The first-order valence-corrected chi connectivity index (χ1v) is 9.03. The van der Waals surface area contributed by atoms with E-state index >= 15 is 0 Å². The number of rotatable bonds is 4. The van der Waals surface area contributed by atoms with Gasteiger partial charge < -0.3 is 25.1 Å². The standard InChI is InChI=1S/C18H17N5O3S/c1-20-16(24)13-9-27-18(21-13)15-22-17-12(7-8-26-17)14(19)23(15)10-3-5-11(25-2)6-4-10/h3-9,14H,19H2,1-2H3,(H,20,24). The second-order valence-electron chi connectivity index (χ2n) is 5.75. The average molecular weight is 383 g/mol. The van der Waals surface area contributed by atoms with Gasteiger partial charge >= 0.3 is 0 Å². The van der Waals surface area contributed by atoms with Crippen molar-refractivity contribution in [3.05, 3.63) is 58.2 Å². The minimum absolute atomic E-state index is 0.257. The van der Waals surface area contributed by atoms with Crippen LogP contribution in [0.1, 0.15) is 27.2 Å². The number of nitrogens with zero attached hydrogens (tertiary/aromatic N) is 3. The average Bonchev–Trinajstić information content (AvgIpc) is 3.37. The summed E-state index contributed by atoms with van der Waals surface area (Å²) in [6.45, 7) is 0. The Morgan fingerprint density at radius 2 is 2.11 bits per heavy atom. The number of aromatic nitrogens is 1. The van der Waals surface area contributed by atoms with Crippen LogP contribution in [0.2, 0.25) is 0 Å². The minimum Gasteiger partial charge on any atom is -0.497 e. The third kappa shape index (κ3) is 2.96. The summed E-state index contributed by atoms with van der Waals surface area (Å²) >= 11 is 1.32. The van der Waals surface area contributed by atoms with Crippen molar-refractivity contribution < 1.29 is 13.9 Å². The Bertz CT molecular complexity index is 1010. The van der Waals surface area contributed by atoms with Crippen molar-refractivity contribution in [1.82, 2.24) is 10.3 Å². The molecule has 0 fully saturated rings. The maximum absolute atomic E-state index is 11.9. The number of amides is 1. The lowest BCUT2D eigenvalue weighted by Gasteiger charge is -2.33. The van der Waals surface area contributed by atoms with E-state index in [2.05, 4.69) is 15.3 Å². The van der Waals surface area contributed by atoms with Crippen LogP contribution in [0.3, 0.4) is 0 Å². The Balaban J connectivity index is 1.81. The van der Waals surface area contributed by atoms with Crippen molar-refractivity contribution in [2.24, 2.45) is 10.7 Å². The molecule has 0 saturated heterocycles. The summed E-state index contributed by atoms with van der Waals surface area (Å²) in [6, 6.07) is 9.29. The van der Waals surface area contributed by atoms with Gasteiger partial charge in [0, 0.05) is 18.1 Å². The number of benzene rings is 1. The minimum atomic E-state index is -0.507. The van der Waals surface area contributed by atoms with Gasteiger partial charge in [-0.25, -0.2) is 4.98 Å². The van der Waals surface area contributed by atoms with Gasteiger partial charge in [0.25, 0.3) is 5.91 Å². The number of hydrogen-bond acceptors (Lipinski definition) is 8. The summed E-state index contributed by atoms with van der Waals surface area (Å²) in [7, 11) is 3.18. The molecule has 9 heteroatoms. The third-order valence-electron chi connectivity index (χ3n) is 4.21. The molecule has 1 amide bonds. The fourth-order valence-electron chi connectivity index (χ4n) is 2.83. The summed E-state index contributed by atoms with van der Waals surface area (Å²) in [5, 5.41) is 4.83. The molecule has 0 radical (unpaired) electrons. The van der Waals surface area contributed by atoms with Crippen LogP contribution in [0.4, 0.5) is 11.6 Å². The molecule has 3 N–H and O–H groups in total. The highest BCUT2D eigenvalue weighted by molar-refractivity contribution is 7.12. The third-order valence-corrected chi connectivity index (χ3v) is 5.05. The molecule has 1 atom stereocenters. The number of fused-ring (bicyclic) bond motifs is 1. The molecule has 0 bridgehead atoms. The van der Waals surface area contributed by atoms with Crippen molar-refractivity contribution in [3.8, 4) is 5.75 Å². The topological polar surface area (TPSA) is 106 Å². The van der Waals surface area contributed by atoms with E-state index in [1.165, 1.54) is 11.3 Å². The van der Waals surface area contributed by atoms with E-state index in [4.69, 9.17) is 14.9 Å². The number of amidine groups is 1. The van der Waals surface area contributed by atoms with E-state index in [9.17, 15) is 4.79 Å². The molecule has 1 aromatic carbocycles. The predicted octanol–water partition coefficient (Wildman–Crippen LogP) is 2.66. The molecule has 0 aliphatic carbocycles. The van der Waals surface area contributed by atoms with Crippen LogP contribution in [0.15, 0.2) is 51.4 Å². The maximum Gasteiger partial charge on any atom is 0.270 e. The monoisotopic (exact) mass is 383 g/mol. The zero-order chi connectivity index (χ0) is 19.0. The molecule has 1 aliphatic rings. The van der Waals surface area contributed by atoms with Gasteiger partial charge in [-0.05, 0) is 30.3 Å². The van der Waals surface area contributed by atoms with E-state index in [0.29, 0.717) is 22.4 Å². The molecule has 1 unspecified atom stereocenters. The fraction of sp³-hybridized carbons (Fsp3) is 0.167. The number of methoxy groups -OCH3 is 1. The molecule has 0 saturated carbocycles. The van der Waals surface area contributed by atoms with E-state index in [0.717, 1.165) is 17.0 Å². The van der Waals surface area contributed by atoms with Gasteiger partial charge in [0.05, 0.1) is 18.9 Å². The highest BCUT2D eigenvalue weighted by atomic mass is 32.1. The highest BCUT2D eigenvalue weighted by Gasteiger charge is 2.33. The summed E-state index contributed by atoms with van der Waals surface area (Å²) < 4.78 is 10.7. The van der Waals surface area contributed by atoms with E-state index in [-0.39, 0.29) is 5.91 Å². The van der Waals surface area contributed by atoms with E-state index in [1.807, 2.05) is 29.2 Å². The van der Waals surface area contributed by atoms with Crippen LogP contribution in [-0.2, 0) is 0 Å². The second kappa shape index (κ2) is 6.86. The normalized spacial score (nSPS) is 15.9. The lowest BCUT2D eigenvalue weighted by atomic mass is 10.1. The number of aliphatic imine (C=N–C) groups is 1. The van der Waals surface area contributed by atoms with Crippen LogP contribution in [0.25, 0.3) is 0 Å². The van der Waals surface area contributed by atoms with Gasteiger partial charge in [0.15, 0.2) is 10.8 Å². The molecule has 3 heterocycles. The number of ether oxygens (including phenoxy) is 1. The molecule has 1 aliphatic heterocycles. The second-order valence-corrected chi connectivity index (χ2v) is 6.60. The molecule has 138 valence electrons. The van der Waals surface area contributed by atoms with Crippen LogP contribution in [0, 0.1) is 0 Å². The summed E-state index contributed by atoms with van der Waals surface area (Å²) in [4.78, 5) is 22.8. The SMILES string of the molecule is CNC(=O)c1csc(C2=Nc3occc3C(N)N2c2ccc(OC)cc2)n1. The molecule has 2 aromatic heterocycles. The lowest BCUT2D eigenvalue weighted by Crippen LogP contribution is -2.42. The molecule has 0 spiro atoms. The number of nitrogens with two attached hydrogens (primary N) is 1. The van der Waals surface area contributed by atoms with E-state index < -0.39 is 6.17 Å². The largest absolute Gasteiger partial charge is 0.497 e. The number of carbonyl (C=O) groups is 1. The smallest absolute Gasteiger partial charge is 0.270 e. The maximum atomic E-state index is 11.9. The first-order chi connectivity index (χ1) is 13.1. The van der Waals surface area contributed by atoms with Crippen LogP contribution < -0.4 is 20.7 Å². The molecule has 4 rings (SSSR count). The molecular weight excluding hydrogens is 366 g/mol. The first kappa shape index (κ1) is 17.3. The van der Waals surface area contributed by atoms with Crippen molar-refractivity contribution in [2.45, 2.75) is 6.17 Å². The van der Waals surface area contributed by atoms with Gasteiger partial charge in [0.2, 0.25) is 5.88 Å². The zero-order valence-corrected chi connectivity index (χ0v) is 15.5. The molecule has 3 aromatic rings. The number of furan rings is 1. The number of nitrogens with one attached hydrogen (secondary N) is 1. The summed E-state index contributed by atoms with van der Waals surface area (Å²) in [5.74, 6) is 1.45. The number of thiazole rings is 1. The van der Waals surface area contributed by atoms with E-state index in [1.54, 1.807) is 31.9 Å². The van der Waals surface area contributed by atoms with Crippen LogP contribution in [-0.4, -0.2) is 30.9 Å². The molecule has 27 heavy (non-hydrogen) atoms. The summed E-state index contributed by atoms with van der Waals surface area (Å²) in [5.41, 5.74) is 8.44. The van der Waals surface area contributed by atoms with Gasteiger partial charge in [-0.3, -0.25) is 4.79 Å². The molecular formula is C18H17N5O3S. The Labute approximate surface area is 159 Å². The zero-order valence-electron chi connectivity index (χ0n) is 14.7. The first-order valence-electron chi connectivity index (χ1n) is 8.15. The van der Waals surface area contributed by atoms with Crippen molar-refractivity contribution in [1.29, 1.82) is 0 Å². The van der Waals surface area contributed by atoms with Gasteiger partial charge in [-0.2, -0.15) is 4.99 Å². The summed E-state index contributed by atoms with van der Waals surface area (Å²) in [6.07, 6.45) is 1.05. The van der Waals surface area contributed by atoms with Crippen molar-refractivity contribution >= 4 is 34.7 Å². The number of anilines is 1. The van der Waals surface area contributed by atoms with Gasteiger partial charge in [-0.15, -0.1) is 11.3 Å². The molecule has 8 nitrogen and oxygen atoms in total. The van der Waals surface area contributed by atoms with Crippen LogP contribution in [0.5, 0.6) is 5.75 Å². The fourth-order valence-corrected chi connectivity index (χ4v) is 3.62. The number of hydrogen-bond donors (Lipinski definition) is 2. The van der Waals surface area contributed by atoms with Gasteiger partial charge in [0.1, 0.15) is 17.6 Å². The van der Waals surface area contributed by atoms with Crippen molar-refractivity contribution in [2.75, 3.05) is 19.1 Å². The van der Waals surface area contributed by atoms with Crippen LogP contribution >= 0.6 is 11.3 Å². The lowest BCUT2D eigenvalue weighted by molar-refractivity contribution is 0.0959. The van der Waals surface area contributed by atoms with Gasteiger partial charge in [-0.1, -0.05) is 0 Å². The highest BCUT2D eigenvalue weighted by Crippen LogP contribution is 2.38.